The van der Waals surface area contributed by atoms with E-state index in [0.29, 0.717) is 0 Å². The molecule has 0 N–H and O–H groups in total. The molecule has 2 aliphatic heterocycles. The van der Waals surface area contributed by atoms with Crippen molar-refractivity contribution in [3.63, 3.8) is 0 Å². The number of hydrogen-bond acceptors (Lipinski definition) is 5. The van der Waals surface area contributed by atoms with Gasteiger partial charge < -0.3 is 18.9 Å². The van der Waals surface area contributed by atoms with E-state index >= 15 is 0 Å². The SMILES string of the molecule is CC1(C)OB(c2ccc(N3CCOCC3)nc2)OC1(C)C.Cl. The maximum atomic E-state index is 6.04. The lowest BCUT2D eigenvalue weighted by molar-refractivity contribution is 0.00578. The molecule has 0 aliphatic carbocycles. The molecule has 2 fully saturated rings. The number of hydrogen-bond donors (Lipinski definition) is 0. The average molecular weight is 327 g/mol. The van der Waals surface area contributed by atoms with Crippen LogP contribution in [0.4, 0.5) is 5.82 Å². The predicted molar refractivity (Wildman–Crippen MR) is 90.2 cm³/mol. The van der Waals surface area contributed by atoms with Crippen molar-refractivity contribution >= 4 is 30.8 Å². The Bertz CT molecular complexity index is 488. The van der Waals surface area contributed by atoms with Gasteiger partial charge in [0.1, 0.15) is 5.82 Å². The Labute approximate surface area is 138 Å². The predicted octanol–water partition coefficient (Wildman–Crippen LogP) is 1.64. The molecule has 2 saturated heterocycles. The highest BCUT2D eigenvalue weighted by Crippen LogP contribution is 2.36. The molecule has 3 rings (SSSR count). The summed E-state index contributed by atoms with van der Waals surface area (Å²) in [5.74, 6) is 0.985. The second kappa shape index (κ2) is 6.36. The van der Waals surface area contributed by atoms with Gasteiger partial charge in [-0.2, -0.15) is 0 Å². The normalized spacial score (nSPS) is 23.3. The standard InChI is InChI=1S/C15H23BN2O3.ClH/c1-14(2)15(3,4)21-16(20-14)12-5-6-13(17-11-12)18-7-9-19-10-8-18;/h5-6,11H,7-10H2,1-4H3;1H. The molecule has 0 bridgehead atoms. The summed E-state index contributed by atoms with van der Waals surface area (Å²) in [6.45, 7) is 11.5. The third-order valence-corrected chi connectivity index (χ3v) is 4.63. The van der Waals surface area contributed by atoms with E-state index in [1.807, 2.05) is 18.3 Å². The first kappa shape index (κ1) is 17.5. The van der Waals surface area contributed by atoms with Gasteiger partial charge >= 0.3 is 7.12 Å². The summed E-state index contributed by atoms with van der Waals surface area (Å²) < 4.78 is 17.4. The lowest BCUT2D eigenvalue weighted by Gasteiger charge is -2.32. The van der Waals surface area contributed by atoms with Crippen LogP contribution in [0.25, 0.3) is 0 Å². The minimum atomic E-state index is -0.346. The Kier molecular flexibility index (Phi) is 5.07. The van der Waals surface area contributed by atoms with E-state index in [-0.39, 0.29) is 30.7 Å². The maximum absolute atomic E-state index is 6.04. The van der Waals surface area contributed by atoms with Crippen molar-refractivity contribution < 1.29 is 14.0 Å². The van der Waals surface area contributed by atoms with Crippen molar-refractivity contribution in [3.8, 4) is 0 Å². The number of rotatable bonds is 2. The Morgan fingerprint density at radius 2 is 1.64 bits per heavy atom. The topological polar surface area (TPSA) is 43.8 Å². The molecule has 0 radical (unpaired) electrons. The molecule has 0 atom stereocenters. The Morgan fingerprint density at radius 1 is 1.05 bits per heavy atom. The van der Waals surface area contributed by atoms with Crippen molar-refractivity contribution in [2.45, 2.75) is 38.9 Å². The number of pyridine rings is 1. The van der Waals surface area contributed by atoms with Gasteiger partial charge in [-0.05, 0) is 33.8 Å². The third-order valence-electron chi connectivity index (χ3n) is 4.63. The van der Waals surface area contributed by atoms with E-state index in [1.165, 1.54) is 0 Å². The van der Waals surface area contributed by atoms with Crippen LogP contribution in [0, 0.1) is 0 Å². The van der Waals surface area contributed by atoms with Gasteiger partial charge in [0.25, 0.3) is 0 Å². The van der Waals surface area contributed by atoms with Crippen LogP contribution in [0.1, 0.15) is 27.7 Å². The number of halogens is 1. The van der Waals surface area contributed by atoms with E-state index in [4.69, 9.17) is 14.0 Å². The van der Waals surface area contributed by atoms with Crippen molar-refractivity contribution in [1.29, 1.82) is 0 Å². The summed E-state index contributed by atoms with van der Waals surface area (Å²) in [5.41, 5.74) is 0.326. The lowest BCUT2D eigenvalue weighted by Crippen LogP contribution is -2.41. The van der Waals surface area contributed by atoms with Crippen molar-refractivity contribution in [2.75, 3.05) is 31.2 Å². The summed E-state index contributed by atoms with van der Waals surface area (Å²) in [4.78, 5) is 6.79. The highest BCUT2D eigenvalue weighted by molar-refractivity contribution is 6.62. The molecule has 0 amide bonds. The first-order valence-corrected chi connectivity index (χ1v) is 7.53. The quantitative estimate of drug-likeness (QED) is 0.773. The summed E-state index contributed by atoms with van der Waals surface area (Å²) in [6.07, 6.45) is 1.85. The van der Waals surface area contributed by atoms with Crippen molar-refractivity contribution in [3.05, 3.63) is 18.3 Å². The van der Waals surface area contributed by atoms with Crippen LogP contribution >= 0.6 is 12.4 Å². The third kappa shape index (κ3) is 3.25. The summed E-state index contributed by atoms with van der Waals surface area (Å²) in [5, 5.41) is 0. The Balaban J connectivity index is 0.00000176. The molecule has 2 aliphatic rings. The van der Waals surface area contributed by atoms with Crippen LogP contribution in [0.2, 0.25) is 0 Å². The van der Waals surface area contributed by atoms with Gasteiger partial charge in [0, 0.05) is 24.7 Å². The van der Waals surface area contributed by atoms with Crippen molar-refractivity contribution in [2.24, 2.45) is 0 Å². The van der Waals surface area contributed by atoms with Gasteiger partial charge in [-0.15, -0.1) is 12.4 Å². The summed E-state index contributed by atoms with van der Waals surface area (Å²) >= 11 is 0. The molecular formula is C15H24BClN2O3. The fraction of sp³-hybridized carbons (Fsp3) is 0.667. The zero-order chi connectivity index (χ0) is 15.1. The fourth-order valence-corrected chi connectivity index (χ4v) is 2.50. The molecule has 122 valence electrons. The highest BCUT2D eigenvalue weighted by atomic mass is 35.5. The number of ether oxygens (including phenoxy) is 1. The van der Waals surface area contributed by atoms with Crippen LogP contribution in [-0.4, -0.2) is 49.6 Å². The summed E-state index contributed by atoms with van der Waals surface area (Å²) in [6, 6.07) is 4.08. The second-order valence-corrected chi connectivity index (χ2v) is 6.64. The second-order valence-electron chi connectivity index (χ2n) is 6.64. The van der Waals surface area contributed by atoms with E-state index in [9.17, 15) is 0 Å². The molecule has 0 unspecified atom stereocenters. The van der Waals surface area contributed by atoms with E-state index in [0.717, 1.165) is 37.6 Å². The fourth-order valence-electron chi connectivity index (χ4n) is 2.50. The molecule has 7 heteroatoms. The largest absolute Gasteiger partial charge is 0.496 e. The zero-order valence-corrected chi connectivity index (χ0v) is 14.5. The molecular weight excluding hydrogens is 302 g/mol. The summed E-state index contributed by atoms with van der Waals surface area (Å²) in [7, 11) is -0.346. The number of anilines is 1. The highest BCUT2D eigenvalue weighted by Gasteiger charge is 2.51. The molecule has 5 nitrogen and oxygen atoms in total. The van der Waals surface area contributed by atoms with Crippen LogP contribution in [-0.2, 0) is 14.0 Å². The Hall–Kier alpha value is -0.815. The molecule has 0 spiro atoms. The average Bonchev–Trinajstić information content (AvgIpc) is 2.69. The maximum Gasteiger partial charge on any atom is 0.496 e. The first-order valence-electron chi connectivity index (χ1n) is 7.53. The Morgan fingerprint density at radius 3 is 2.14 bits per heavy atom. The van der Waals surface area contributed by atoms with E-state index in [2.05, 4.69) is 37.6 Å². The molecule has 22 heavy (non-hydrogen) atoms. The van der Waals surface area contributed by atoms with Crippen molar-refractivity contribution in [1.82, 2.24) is 4.98 Å². The molecule has 0 aromatic carbocycles. The van der Waals surface area contributed by atoms with E-state index < -0.39 is 0 Å². The van der Waals surface area contributed by atoms with Crippen LogP contribution in [0.15, 0.2) is 18.3 Å². The number of aromatic nitrogens is 1. The van der Waals surface area contributed by atoms with Gasteiger partial charge in [0.15, 0.2) is 0 Å². The molecule has 1 aromatic rings. The minimum Gasteiger partial charge on any atom is -0.399 e. The molecule has 1 aromatic heterocycles. The van der Waals surface area contributed by atoms with Crippen LogP contribution in [0.3, 0.4) is 0 Å². The van der Waals surface area contributed by atoms with Crippen LogP contribution < -0.4 is 10.4 Å². The lowest BCUT2D eigenvalue weighted by atomic mass is 9.80. The minimum absolute atomic E-state index is 0. The zero-order valence-electron chi connectivity index (χ0n) is 13.7. The van der Waals surface area contributed by atoms with Gasteiger partial charge in [0.2, 0.25) is 0 Å². The first-order chi connectivity index (χ1) is 9.89. The van der Waals surface area contributed by atoms with Gasteiger partial charge in [-0.1, -0.05) is 6.07 Å². The number of morpholine rings is 1. The smallest absolute Gasteiger partial charge is 0.399 e. The molecule has 0 saturated carbocycles. The monoisotopic (exact) mass is 326 g/mol. The van der Waals surface area contributed by atoms with E-state index in [1.54, 1.807) is 0 Å². The van der Waals surface area contributed by atoms with Crippen LogP contribution in [0.5, 0.6) is 0 Å². The number of nitrogens with zero attached hydrogens (tertiary/aromatic N) is 2. The van der Waals surface area contributed by atoms with Gasteiger partial charge in [0.05, 0.1) is 24.4 Å². The van der Waals surface area contributed by atoms with Gasteiger partial charge in [-0.3, -0.25) is 0 Å². The molecule has 3 heterocycles. The van der Waals surface area contributed by atoms with Gasteiger partial charge in [-0.25, -0.2) is 4.98 Å².